The molecular formula is C25H23ClFN3O. The van der Waals surface area contributed by atoms with E-state index < -0.39 is 0 Å². The molecule has 0 spiro atoms. The first kappa shape index (κ1) is 20.1. The Kier molecular flexibility index (Phi) is 5.45. The zero-order valence-electron chi connectivity index (χ0n) is 17.3. The Morgan fingerprint density at radius 1 is 1.00 bits per heavy atom. The summed E-state index contributed by atoms with van der Waals surface area (Å²) in [6.45, 7) is 2.17. The number of nitrogens with zero attached hydrogens (tertiary/aromatic N) is 3. The monoisotopic (exact) mass is 435 g/mol. The highest BCUT2D eigenvalue weighted by Gasteiger charge is 2.30. The number of hydrogen-bond donors (Lipinski definition) is 0. The quantitative estimate of drug-likeness (QED) is 0.341. The topological polar surface area (TPSA) is 51.8 Å². The van der Waals surface area contributed by atoms with Gasteiger partial charge in [0.25, 0.3) is 0 Å². The fourth-order valence-electron chi connectivity index (χ4n) is 4.76. The molecule has 0 saturated heterocycles. The minimum atomic E-state index is -0.211. The van der Waals surface area contributed by atoms with E-state index in [-0.39, 0.29) is 11.7 Å². The average molecular weight is 436 g/mol. The highest BCUT2D eigenvalue weighted by Crippen LogP contribution is 2.43. The van der Waals surface area contributed by atoms with Gasteiger partial charge in [-0.1, -0.05) is 18.5 Å². The van der Waals surface area contributed by atoms with Gasteiger partial charge in [0.2, 0.25) is 11.8 Å². The van der Waals surface area contributed by atoms with Crippen LogP contribution in [0.1, 0.15) is 55.9 Å². The molecule has 31 heavy (non-hydrogen) atoms. The first-order valence-corrected chi connectivity index (χ1v) is 11.1. The molecule has 1 aliphatic carbocycles. The highest BCUT2D eigenvalue weighted by molar-refractivity contribution is 6.30. The lowest BCUT2D eigenvalue weighted by atomic mass is 9.74. The maximum Gasteiger partial charge on any atom is 0.247 e. The summed E-state index contributed by atoms with van der Waals surface area (Å²) in [5, 5.41) is 10.2. The second-order valence-corrected chi connectivity index (χ2v) is 8.85. The molecule has 0 N–H and O–H groups in total. The summed E-state index contributed by atoms with van der Waals surface area (Å²) >= 11 is 5.96. The van der Waals surface area contributed by atoms with Crippen LogP contribution in [0.3, 0.4) is 0 Å². The molecule has 158 valence electrons. The van der Waals surface area contributed by atoms with Crippen molar-refractivity contribution in [2.24, 2.45) is 5.92 Å². The molecule has 4 aromatic rings. The highest BCUT2D eigenvalue weighted by atomic mass is 35.5. The normalized spacial score (nSPS) is 20.1. The smallest absolute Gasteiger partial charge is 0.247 e. The van der Waals surface area contributed by atoms with E-state index >= 15 is 0 Å². The number of halogens is 2. The van der Waals surface area contributed by atoms with Gasteiger partial charge in [-0.15, -0.1) is 10.2 Å². The zero-order chi connectivity index (χ0) is 21.4. The van der Waals surface area contributed by atoms with E-state index in [1.165, 1.54) is 11.6 Å². The largest absolute Gasteiger partial charge is 0.420 e. The third-order valence-corrected chi connectivity index (χ3v) is 6.83. The molecule has 2 heterocycles. The number of rotatable bonds is 4. The molecule has 2 aromatic heterocycles. The summed E-state index contributed by atoms with van der Waals surface area (Å²) in [5.41, 5.74) is 2.93. The molecule has 1 fully saturated rings. The molecule has 1 saturated carbocycles. The molecule has 5 rings (SSSR count). The Morgan fingerprint density at radius 3 is 2.55 bits per heavy atom. The lowest BCUT2D eigenvalue weighted by Gasteiger charge is -2.31. The summed E-state index contributed by atoms with van der Waals surface area (Å²) in [5.74, 6) is 2.10. The van der Waals surface area contributed by atoms with Gasteiger partial charge < -0.3 is 4.42 Å². The molecule has 0 radical (unpaired) electrons. The Hall–Kier alpha value is -2.79. The molecule has 0 unspecified atom stereocenters. The van der Waals surface area contributed by atoms with Crippen LogP contribution in [0, 0.1) is 11.7 Å². The van der Waals surface area contributed by atoms with E-state index in [1.807, 2.05) is 36.5 Å². The van der Waals surface area contributed by atoms with Crippen molar-refractivity contribution in [2.75, 3.05) is 0 Å². The standard InChI is InChI=1S/C25H23ClFN3O/c1-15(24-29-30-25(31-24)18-6-8-19(26)9-7-18)16-2-4-17(5-3-16)21-12-13-28-23-11-10-20(27)14-22(21)23/h6-17H,2-5H2,1H3/t15-,16?,17?/m1/s1. The maximum absolute atomic E-state index is 13.8. The van der Waals surface area contributed by atoms with Crippen LogP contribution < -0.4 is 0 Å². The van der Waals surface area contributed by atoms with Crippen molar-refractivity contribution in [2.45, 2.75) is 44.4 Å². The summed E-state index contributed by atoms with van der Waals surface area (Å²) < 4.78 is 19.8. The van der Waals surface area contributed by atoms with Gasteiger partial charge in [-0.05, 0) is 91.6 Å². The third kappa shape index (κ3) is 4.07. The van der Waals surface area contributed by atoms with E-state index in [0.29, 0.717) is 28.6 Å². The average Bonchev–Trinajstić information content (AvgIpc) is 3.29. The third-order valence-electron chi connectivity index (χ3n) is 6.58. The summed E-state index contributed by atoms with van der Waals surface area (Å²) in [4.78, 5) is 4.39. The molecule has 0 aliphatic heterocycles. The van der Waals surface area contributed by atoms with Crippen molar-refractivity contribution in [1.29, 1.82) is 0 Å². The SMILES string of the molecule is C[C@@H](c1nnc(-c2ccc(Cl)cc2)o1)C1CCC(c2ccnc3ccc(F)cc23)CC1. The molecular weight excluding hydrogens is 413 g/mol. The van der Waals surface area contributed by atoms with Crippen molar-refractivity contribution in [3.8, 4) is 11.5 Å². The lowest BCUT2D eigenvalue weighted by Crippen LogP contribution is -2.18. The van der Waals surface area contributed by atoms with Crippen LogP contribution in [0.25, 0.3) is 22.4 Å². The predicted molar refractivity (Wildman–Crippen MR) is 120 cm³/mol. The second-order valence-electron chi connectivity index (χ2n) is 8.41. The fraction of sp³-hybridized carbons (Fsp3) is 0.320. The van der Waals surface area contributed by atoms with E-state index in [9.17, 15) is 4.39 Å². The van der Waals surface area contributed by atoms with Gasteiger partial charge in [0.1, 0.15) is 5.82 Å². The van der Waals surface area contributed by atoms with Crippen molar-refractivity contribution in [3.05, 3.63) is 77.0 Å². The van der Waals surface area contributed by atoms with Crippen molar-refractivity contribution >= 4 is 22.5 Å². The van der Waals surface area contributed by atoms with Crippen molar-refractivity contribution in [1.82, 2.24) is 15.2 Å². The van der Waals surface area contributed by atoms with Crippen LogP contribution in [0.5, 0.6) is 0 Å². The summed E-state index contributed by atoms with van der Waals surface area (Å²) in [6, 6.07) is 14.3. The molecule has 1 atom stereocenters. The van der Waals surface area contributed by atoms with Gasteiger partial charge in [-0.25, -0.2) is 4.39 Å². The van der Waals surface area contributed by atoms with E-state index in [2.05, 4.69) is 22.1 Å². The van der Waals surface area contributed by atoms with Crippen molar-refractivity contribution < 1.29 is 8.81 Å². The predicted octanol–water partition coefficient (Wildman–Crippen LogP) is 7.15. The van der Waals surface area contributed by atoms with Gasteiger partial charge in [0.15, 0.2) is 0 Å². The lowest BCUT2D eigenvalue weighted by molar-refractivity contribution is 0.266. The second kappa shape index (κ2) is 8.39. The van der Waals surface area contributed by atoms with E-state index in [0.717, 1.165) is 42.1 Å². The maximum atomic E-state index is 13.8. The van der Waals surface area contributed by atoms with Crippen LogP contribution in [0.4, 0.5) is 4.39 Å². The van der Waals surface area contributed by atoms with E-state index in [4.69, 9.17) is 16.0 Å². The summed E-state index contributed by atoms with van der Waals surface area (Å²) in [6.07, 6.45) is 6.10. The van der Waals surface area contributed by atoms with Gasteiger partial charge >= 0.3 is 0 Å². The molecule has 0 bridgehead atoms. The Labute approximate surface area is 185 Å². The first-order valence-electron chi connectivity index (χ1n) is 10.7. The minimum Gasteiger partial charge on any atom is -0.420 e. The Morgan fingerprint density at radius 2 is 1.77 bits per heavy atom. The number of fused-ring (bicyclic) bond motifs is 1. The molecule has 1 aliphatic rings. The molecule has 6 heteroatoms. The van der Waals surface area contributed by atoms with E-state index in [1.54, 1.807) is 12.1 Å². The number of hydrogen-bond acceptors (Lipinski definition) is 4. The Bertz CT molecular complexity index is 1200. The summed E-state index contributed by atoms with van der Waals surface area (Å²) in [7, 11) is 0. The molecule has 4 nitrogen and oxygen atoms in total. The number of pyridine rings is 1. The number of aromatic nitrogens is 3. The molecule has 2 aromatic carbocycles. The van der Waals surface area contributed by atoms with Gasteiger partial charge in [0, 0.05) is 28.1 Å². The Balaban J connectivity index is 1.29. The first-order chi connectivity index (χ1) is 15.1. The van der Waals surface area contributed by atoms with Gasteiger partial charge in [-0.3, -0.25) is 4.98 Å². The van der Waals surface area contributed by atoms with Gasteiger partial charge in [0.05, 0.1) is 5.52 Å². The fourth-order valence-corrected chi connectivity index (χ4v) is 4.88. The minimum absolute atomic E-state index is 0.195. The zero-order valence-corrected chi connectivity index (χ0v) is 18.0. The van der Waals surface area contributed by atoms with Gasteiger partial charge in [-0.2, -0.15) is 0 Å². The number of benzene rings is 2. The van der Waals surface area contributed by atoms with Crippen LogP contribution in [0.2, 0.25) is 5.02 Å². The van der Waals surface area contributed by atoms with Crippen LogP contribution in [0.15, 0.2) is 59.1 Å². The van der Waals surface area contributed by atoms with Crippen LogP contribution in [-0.4, -0.2) is 15.2 Å². The van der Waals surface area contributed by atoms with Crippen LogP contribution >= 0.6 is 11.6 Å². The van der Waals surface area contributed by atoms with Crippen molar-refractivity contribution in [3.63, 3.8) is 0 Å². The molecule has 0 amide bonds. The van der Waals surface area contributed by atoms with Crippen LogP contribution in [-0.2, 0) is 0 Å².